The van der Waals surface area contributed by atoms with Crippen LogP contribution in [0.1, 0.15) is 44.2 Å². The van der Waals surface area contributed by atoms with Gasteiger partial charge in [0.1, 0.15) is 0 Å². The maximum Gasteiger partial charge on any atom is 0.154 e. The van der Waals surface area contributed by atoms with Gasteiger partial charge < -0.3 is 0 Å². The molecule has 0 aromatic heterocycles. The molecule has 2 rings (SSSR count). The number of Topliss-reactive ketones (excluding diaryl/α,β-unsaturated/α-hetero) is 1. The van der Waals surface area contributed by atoms with Crippen LogP contribution in [0, 0.1) is 0 Å². The summed E-state index contributed by atoms with van der Waals surface area (Å²) in [6.07, 6.45) is 4.08. The maximum atomic E-state index is 12.3. The third-order valence-corrected chi connectivity index (χ3v) is 3.42. The van der Waals surface area contributed by atoms with Crippen LogP contribution in [0.2, 0.25) is 0 Å². The minimum Gasteiger partial charge on any atom is -0.298 e. The monoisotopic (exact) mass is 231 g/mol. The van der Waals surface area contributed by atoms with Crippen LogP contribution in [-0.4, -0.2) is 23.8 Å². The van der Waals surface area contributed by atoms with Crippen molar-refractivity contribution in [2.24, 2.45) is 0 Å². The fraction of sp³-hybridized carbons (Fsp3) is 0.533. The number of rotatable bonds is 5. The summed E-state index contributed by atoms with van der Waals surface area (Å²) in [5, 5.41) is 0. The van der Waals surface area contributed by atoms with E-state index in [0.717, 1.165) is 25.1 Å². The van der Waals surface area contributed by atoms with Crippen LogP contribution < -0.4 is 0 Å². The molecule has 1 aliphatic heterocycles. The van der Waals surface area contributed by atoms with E-state index in [1.165, 1.54) is 12.8 Å². The van der Waals surface area contributed by atoms with Gasteiger partial charge in [-0.2, -0.15) is 0 Å². The first-order valence-corrected chi connectivity index (χ1v) is 6.64. The van der Waals surface area contributed by atoms with Crippen LogP contribution in [0.4, 0.5) is 0 Å². The molecule has 92 valence electrons. The zero-order valence-electron chi connectivity index (χ0n) is 10.6. The Morgan fingerprint density at radius 3 is 2.47 bits per heavy atom. The number of hydrogen-bond acceptors (Lipinski definition) is 2. The van der Waals surface area contributed by atoms with Gasteiger partial charge in [-0.3, -0.25) is 9.69 Å². The molecule has 1 unspecified atom stereocenters. The number of ketones is 1. The summed E-state index contributed by atoms with van der Waals surface area (Å²) in [5.74, 6) is 0.376. The predicted octanol–water partition coefficient (Wildman–Crippen LogP) is 3.19. The van der Waals surface area contributed by atoms with E-state index in [0.29, 0.717) is 12.2 Å². The Kier molecular flexibility index (Phi) is 4.32. The minimum absolute atomic E-state index is 0.00125. The molecule has 1 saturated heterocycles. The average molecular weight is 231 g/mol. The van der Waals surface area contributed by atoms with Crippen molar-refractivity contribution in [2.75, 3.05) is 13.1 Å². The highest BCUT2D eigenvalue weighted by atomic mass is 16.1. The largest absolute Gasteiger partial charge is 0.298 e. The van der Waals surface area contributed by atoms with E-state index in [9.17, 15) is 4.79 Å². The van der Waals surface area contributed by atoms with Crippen molar-refractivity contribution >= 4 is 5.78 Å². The van der Waals surface area contributed by atoms with E-state index in [-0.39, 0.29) is 6.04 Å². The number of carbonyl (C=O) groups is 1. The molecule has 0 saturated carbocycles. The number of hydrogen-bond donors (Lipinski definition) is 0. The second-order valence-corrected chi connectivity index (χ2v) is 4.77. The van der Waals surface area contributed by atoms with Crippen LogP contribution >= 0.6 is 0 Å². The number of carbonyl (C=O) groups excluding carboxylic acids is 1. The topological polar surface area (TPSA) is 20.3 Å². The van der Waals surface area contributed by atoms with Gasteiger partial charge in [0.15, 0.2) is 5.78 Å². The van der Waals surface area contributed by atoms with E-state index in [1.807, 2.05) is 18.2 Å². The Bertz CT molecular complexity index is 354. The smallest absolute Gasteiger partial charge is 0.154 e. The van der Waals surface area contributed by atoms with Gasteiger partial charge >= 0.3 is 0 Å². The summed E-state index contributed by atoms with van der Waals surface area (Å²) < 4.78 is 0. The minimum atomic E-state index is -0.00125. The summed E-state index contributed by atoms with van der Waals surface area (Å²) in [5.41, 5.74) is 1.16. The maximum absolute atomic E-state index is 12.3. The van der Waals surface area contributed by atoms with Gasteiger partial charge in [0.25, 0.3) is 0 Å². The van der Waals surface area contributed by atoms with Crippen molar-refractivity contribution in [1.82, 2.24) is 4.90 Å². The quantitative estimate of drug-likeness (QED) is 0.775. The van der Waals surface area contributed by atoms with E-state index in [2.05, 4.69) is 24.0 Å². The van der Waals surface area contributed by atoms with Gasteiger partial charge in [-0.25, -0.2) is 0 Å². The van der Waals surface area contributed by atoms with E-state index in [4.69, 9.17) is 0 Å². The molecule has 1 fully saturated rings. The fourth-order valence-corrected chi connectivity index (χ4v) is 2.62. The third kappa shape index (κ3) is 2.95. The molecule has 1 aliphatic rings. The molecule has 0 spiro atoms. The highest BCUT2D eigenvalue weighted by Crippen LogP contribution is 2.27. The molecule has 0 N–H and O–H groups in total. The first-order valence-electron chi connectivity index (χ1n) is 6.64. The normalized spacial score (nSPS) is 18.2. The van der Waals surface area contributed by atoms with Crippen LogP contribution in [0.3, 0.4) is 0 Å². The Labute approximate surface area is 104 Å². The molecule has 0 radical (unpaired) electrons. The Hall–Kier alpha value is -1.15. The number of benzene rings is 1. The van der Waals surface area contributed by atoms with E-state index >= 15 is 0 Å². The summed E-state index contributed by atoms with van der Waals surface area (Å²) in [4.78, 5) is 14.6. The molecular formula is C15H21NO. The standard InChI is InChI=1S/C15H21NO/c1-2-8-14(17)15(16-11-6-7-12-16)13-9-4-3-5-10-13/h3-5,9-10,15H,2,6-8,11-12H2,1H3. The molecule has 1 aromatic carbocycles. The van der Waals surface area contributed by atoms with Crippen LogP contribution in [-0.2, 0) is 4.79 Å². The molecule has 1 aromatic rings. The van der Waals surface area contributed by atoms with Gasteiger partial charge in [-0.05, 0) is 37.9 Å². The Morgan fingerprint density at radius 1 is 1.24 bits per heavy atom. The van der Waals surface area contributed by atoms with Crippen LogP contribution in [0.25, 0.3) is 0 Å². The lowest BCUT2D eigenvalue weighted by molar-refractivity contribution is -0.124. The highest BCUT2D eigenvalue weighted by Gasteiger charge is 2.28. The molecule has 0 bridgehead atoms. The second-order valence-electron chi connectivity index (χ2n) is 4.77. The van der Waals surface area contributed by atoms with Gasteiger partial charge in [0.05, 0.1) is 6.04 Å². The van der Waals surface area contributed by atoms with Gasteiger partial charge in [0, 0.05) is 6.42 Å². The average Bonchev–Trinajstić information content (AvgIpc) is 2.85. The number of nitrogens with zero attached hydrogens (tertiary/aromatic N) is 1. The van der Waals surface area contributed by atoms with Crippen molar-refractivity contribution in [3.05, 3.63) is 35.9 Å². The van der Waals surface area contributed by atoms with Gasteiger partial charge in [0.2, 0.25) is 0 Å². The predicted molar refractivity (Wildman–Crippen MR) is 69.9 cm³/mol. The second kappa shape index (κ2) is 5.97. The first-order chi connectivity index (χ1) is 8.33. The Balaban J connectivity index is 2.20. The lowest BCUT2D eigenvalue weighted by Gasteiger charge is -2.26. The zero-order chi connectivity index (χ0) is 12.1. The zero-order valence-corrected chi connectivity index (χ0v) is 10.6. The summed E-state index contributed by atoms with van der Waals surface area (Å²) in [7, 11) is 0. The van der Waals surface area contributed by atoms with E-state index in [1.54, 1.807) is 0 Å². The van der Waals surface area contributed by atoms with Crippen molar-refractivity contribution in [2.45, 2.75) is 38.6 Å². The van der Waals surface area contributed by atoms with Crippen molar-refractivity contribution in [3.63, 3.8) is 0 Å². The highest BCUT2D eigenvalue weighted by molar-refractivity contribution is 5.85. The first kappa shape index (κ1) is 12.3. The molecule has 2 nitrogen and oxygen atoms in total. The lowest BCUT2D eigenvalue weighted by atomic mass is 9.98. The van der Waals surface area contributed by atoms with Crippen molar-refractivity contribution in [1.29, 1.82) is 0 Å². The molecule has 0 amide bonds. The summed E-state index contributed by atoms with van der Waals surface area (Å²) >= 11 is 0. The molecule has 1 heterocycles. The third-order valence-electron chi connectivity index (χ3n) is 3.42. The molecular weight excluding hydrogens is 210 g/mol. The molecule has 0 aliphatic carbocycles. The van der Waals surface area contributed by atoms with Crippen LogP contribution in [0.15, 0.2) is 30.3 Å². The number of likely N-dealkylation sites (tertiary alicyclic amines) is 1. The SMILES string of the molecule is CCCC(=O)C(c1ccccc1)N1CCCC1. The van der Waals surface area contributed by atoms with Gasteiger partial charge in [-0.1, -0.05) is 37.3 Å². The summed E-state index contributed by atoms with van der Waals surface area (Å²) in [6.45, 7) is 4.20. The summed E-state index contributed by atoms with van der Waals surface area (Å²) in [6, 6.07) is 10.2. The Morgan fingerprint density at radius 2 is 1.88 bits per heavy atom. The molecule has 17 heavy (non-hydrogen) atoms. The lowest BCUT2D eigenvalue weighted by Crippen LogP contribution is -2.31. The van der Waals surface area contributed by atoms with E-state index < -0.39 is 0 Å². The van der Waals surface area contributed by atoms with Crippen molar-refractivity contribution < 1.29 is 4.79 Å². The fourth-order valence-electron chi connectivity index (χ4n) is 2.62. The van der Waals surface area contributed by atoms with Crippen LogP contribution in [0.5, 0.6) is 0 Å². The van der Waals surface area contributed by atoms with Gasteiger partial charge in [-0.15, -0.1) is 0 Å². The molecule has 1 atom stereocenters. The van der Waals surface area contributed by atoms with Crippen molar-refractivity contribution in [3.8, 4) is 0 Å². The molecule has 2 heteroatoms.